The van der Waals surface area contributed by atoms with E-state index in [0.29, 0.717) is 5.56 Å². The van der Waals surface area contributed by atoms with Crippen LogP contribution in [0.5, 0.6) is 0 Å². The summed E-state index contributed by atoms with van der Waals surface area (Å²) in [7, 11) is -3.65. The smallest absolute Gasteiger partial charge is 0.367 e. The van der Waals surface area contributed by atoms with Crippen molar-refractivity contribution in [3.63, 3.8) is 0 Å². The minimum atomic E-state index is -4.61. The molecule has 33 heavy (non-hydrogen) atoms. The molecule has 0 aliphatic heterocycles. The van der Waals surface area contributed by atoms with Gasteiger partial charge in [0, 0.05) is 17.7 Å². The van der Waals surface area contributed by atoms with Crippen LogP contribution in [-0.2, 0) is 21.0 Å². The van der Waals surface area contributed by atoms with Gasteiger partial charge in [-0.2, -0.15) is 13.2 Å². The van der Waals surface area contributed by atoms with Gasteiger partial charge in [0.2, 0.25) is 15.9 Å². The van der Waals surface area contributed by atoms with E-state index in [0.717, 1.165) is 24.5 Å². The summed E-state index contributed by atoms with van der Waals surface area (Å²) in [6.07, 6.45) is -1.27. The normalized spacial score (nSPS) is 13.2. The molecule has 0 spiro atoms. The number of pyridine rings is 1. The Morgan fingerprint density at radius 1 is 1.12 bits per heavy atom. The number of hydrogen-bond donors (Lipinski definition) is 3. The van der Waals surface area contributed by atoms with Crippen molar-refractivity contribution in [1.82, 2.24) is 10.3 Å². The van der Waals surface area contributed by atoms with E-state index in [4.69, 9.17) is 0 Å². The van der Waals surface area contributed by atoms with Crippen LogP contribution in [0.15, 0.2) is 36.4 Å². The van der Waals surface area contributed by atoms with E-state index in [1.165, 1.54) is 24.3 Å². The maximum absolute atomic E-state index is 14.2. The number of benzene rings is 1. The number of rotatable bonds is 8. The van der Waals surface area contributed by atoms with Gasteiger partial charge in [-0.3, -0.25) is 9.52 Å². The summed E-state index contributed by atoms with van der Waals surface area (Å²) in [6.45, 7) is 5.06. The fourth-order valence-electron chi connectivity index (χ4n) is 2.74. The topological polar surface area (TPSA) is 100 Å². The third-order valence-electron chi connectivity index (χ3n) is 4.20. The van der Waals surface area contributed by atoms with Gasteiger partial charge in [-0.1, -0.05) is 6.07 Å². The Labute approximate surface area is 189 Å². The largest absolute Gasteiger partial charge is 0.433 e. The summed E-state index contributed by atoms with van der Waals surface area (Å²) in [5.41, 5.74) is -0.621. The van der Waals surface area contributed by atoms with E-state index in [2.05, 4.69) is 15.6 Å². The number of carbonyl (C=O) groups is 1. The van der Waals surface area contributed by atoms with Gasteiger partial charge in [0.1, 0.15) is 17.3 Å². The SMILES string of the molecule is CC(C)Nc1nc(C(F)(F)F)ccc1/C=C\C(=O)N[C@H](C)c1ccc(NS(C)(=O)=O)c(F)c1. The number of nitrogens with zero attached hydrogens (tertiary/aromatic N) is 1. The van der Waals surface area contributed by atoms with E-state index in [1.54, 1.807) is 20.8 Å². The zero-order valence-corrected chi connectivity index (χ0v) is 19.1. The first-order valence-electron chi connectivity index (χ1n) is 9.76. The van der Waals surface area contributed by atoms with E-state index in [9.17, 15) is 30.8 Å². The van der Waals surface area contributed by atoms with E-state index < -0.39 is 39.7 Å². The highest BCUT2D eigenvalue weighted by molar-refractivity contribution is 7.92. The molecule has 0 bridgehead atoms. The lowest BCUT2D eigenvalue weighted by molar-refractivity contribution is -0.141. The van der Waals surface area contributed by atoms with Crippen molar-refractivity contribution in [3.8, 4) is 0 Å². The van der Waals surface area contributed by atoms with Crippen LogP contribution in [0.4, 0.5) is 29.1 Å². The van der Waals surface area contributed by atoms with Crippen LogP contribution in [0.25, 0.3) is 6.08 Å². The lowest BCUT2D eigenvalue weighted by Gasteiger charge is -2.15. The van der Waals surface area contributed by atoms with Crippen molar-refractivity contribution in [1.29, 1.82) is 0 Å². The van der Waals surface area contributed by atoms with Gasteiger partial charge in [0.25, 0.3) is 0 Å². The van der Waals surface area contributed by atoms with E-state index in [-0.39, 0.29) is 23.1 Å². The van der Waals surface area contributed by atoms with Gasteiger partial charge in [0.05, 0.1) is 18.0 Å². The quantitative estimate of drug-likeness (QED) is 0.380. The molecular weight excluding hydrogens is 464 g/mol. The van der Waals surface area contributed by atoms with Gasteiger partial charge >= 0.3 is 6.18 Å². The Bertz CT molecular complexity index is 1150. The van der Waals surface area contributed by atoms with E-state index in [1.807, 2.05) is 4.72 Å². The zero-order chi connectivity index (χ0) is 25.0. The molecule has 7 nitrogen and oxygen atoms in total. The molecule has 0 unspecified atom stereocenters. The maximum Gasteiger partial charge on any atom is 0.433 e. The highest BCUT2D eigenvalue weighted by Gasteiger charge is 2.33. The van der Waals surface area contributed by atoms with Crippen LogP contribution in [-0.4, -0.2) is 31.6 Å². The number of halogens is 4. The fraction of sp³-hybridized carbons (Fsp3) is 0.333. The summed E-state index contributed by atoms with van der Waals surface area (Å²) in [5.74, 6) is -1.40. The molecule has 2 aromatic rings. The molecule has 0 radical (unpaired) electrons. The lowest BCUT2D eigenvalue weighted by Crippen LogP contribution is -2.24. The predicted molar refractivity (Wildman–Crippen MR) is 118 cm³/mol. The second kappa shape index (κ2) is 10.2. The molecule has 1 aromatic carbocycles. The second-order valence-corrected chi connectivity index (χ2v) is 9.36. The molecular formula is C21H24F4N4O3S. The van der Waals surface area contributed by atoms with Crippen LogP contribution < -0.4 is 15.4 Å². The first-order chi connectivity index (χ1) is 15.2. The van der Waals surface area contributed by atoms with Crippen LogP contribution in [0.3, 0.4) is 0 Å². The Hall–Kier alpha value is -3.15. The van der Waals surface area contributed by atoms with Crippen molar-refractivity contribution >= 4 is 33.5 Å². The van der Waals surface area contributed by atoms with Crippen LogP contribution in [0.2, 0.25) is 0 Å². The van der Waals surface area contributed by atoms with Crippen molar-refractivity contribution < 1.29 is 30.8 Å². The first kappa shape index (κ1) is 26.1. The van der Waals surface area contributed by atoms with Crippen molar-refractivity contribution in [3.05, 3.63) is 59.0 Å². The number of anilines is 2. The van der Waals surface area contributed by atoms with E-state index >= 15 is 0 Å². The number of nitrogens with one attached hydrogen (secondary N) is 3. The number of aromatic nitrogens is 1. The van der Waals surface area contributed by atoms with Crippen molar-refractivity contribution in [2.45, 2.75) is 39.0 Å². The summed E-state index contributed by atoms with van der Waals surface area (Å²) >= 11 is 0. The number of sulfonamides is 1. The Balaban J connectivity index is 2.15. The van der Waals surface area contributed by atoms with Crippen molar-refractivity contribution in [2.24, 2.45) is 0 Å². The molecule has 0 aliphatic rings. The van der Waals surface area contributed by atoms with Crippen LogP contribution >= 0.6 is 0 Å². The second-order valence-electron chi connectivity index (χ2n) is 7.61. The Kier molecular flexibility index (Phi) is 8.06. The molecule has 1 amide bonds. The highest BCUT2D eigenvalue weighted by Crippen LogP contribution is 2.30. The molecule has 2 rings (SSSR count). The fourth-order valence-corrected chi connectivity index (χ4v) is 3.31. The number of hydrogen-bond acceptors (Lipinski definition) is 5. The Morgan fingerprint density at radius 3 is 2.33 bits per heavy atom. The molecule has 0 aliphatic carbocycles. The molecule has 1 aromatic heterocycles. The molecule has 0 saturated carbocycles. The maximum atomic E-state index is 14.2. The average Bonchev–Trinajstić information content (AvgIpc) is 2.66. The number of alkyl halides is 3. The van der Waals surface area contributed by atoms with Gasteiger partial charge < -0.3 is 10.6 Å². The minimum absolute atomic E-state index is 0.0204. The summed E-state index contributed by atoms with van der Waals surface area (Å²) < 4.78 is 77.6. The molecule has 0 saturated heterocycles. The summed E-state index contributed by atoms with van der Waals surface area (Å²) in [6, 6.07) is 4.97. The minimum Gasteiger partial charge on any atom is -0.367 e. The highest BCUT2D eigenvalue weighted by atomic mass is 32.2. The number of amides is 1. The molecule has 0 fully saturated rings. The van der Waals surface area contributed by atoms with Gasteiger partial charge in [-0.15, -0.1) is 0 Å². The molecule has 180 valence electrons. The standard InChI is InChI=1S/C21H24F4N4O3S/c1-12(2)26-20-14(6-9-18(28-20)21(23,24)25)7-10-19(30)27-13(3)15-5-8-17(16(22)11-15)29-33(4,31)32/h5-13,29H,1-4H3,(H,26,28)(H,27,30)/b10-7-/t13-/m1/s1. The molecule has 3 N–H and O–H groups in total. The van der Waals surface area contributed by atoms with Crippen LogP contribution in [0, 0.1) is 5.82 Å². The third-order valence-corrected chi connectivity index (χ3v) is 4.79. The Morgan fingerprint density at radius 2 is 1.79 bits per heavy atom. The average molecular weight is 489 g/mol. The predicted octanol–water partition coefficient (Wildman–Crippen LogP) is 4.32. The monoisotopic (exact) mass is 488 g/mol. The molecule has 12 heteroatoms. The van der Waals surface area contributed by atoms with Crippen LogP contribution in [0.1, 0.15) is 43.6 Å². The first-order valence-corrected chi connectivity index (χ1v) is 11.7. The number of carbonyl (C=O) groups excluding carboxylic acids is 1. The third kappa shape index (κ3) is 8.04. The molecule has 1 heterocycles. The van der Waals surface area contributed by atoms with Gasteiger partial charge in [0.15, 0.2) is 0 Å². The zero-order valence-electron chi connectivity index (χ0n) is 18.3. The van der Waals surface area contributed by atoms with Gasteiger partial charge in [-0.05, 0) is 56.7 Å². The van der Waals surface area contributed by atoms with Crippen molar-refractivity contribution in [2.75, 3.05) is 16.3 Å². The summed E-state index contributed by atoms with van der Waals surface area (Å²) in [4.78, 5) is 15.9. The van der Waals surface area contributed by atoms with Gasteiger partial charge in [-0.25, -0.2) is 17.8 Å². The lowest BCUT2D eigenvalue weighted by atomic mass is 10.1. The molecule has 1 atom stereocenters. The summed E-state index contributed by atoms with van der Waals surface area (Å²) in [5, 5.41) is 5.42.